The fourth-order valence-electron chi connectivity index (χ4n) is 4.93. The van der Waals surface area contributed by atoms with Gasteiger partial charge in [0.05, 0.1) is 11.7 Å². The van der Waals surface area contributed by atoms with Gasteiger partial charge >= 0.3 is 0 Å². The van der Waals surface area contributed by atoms with Crippen LogP contribution < -0.4 is 10.9 Å². The van der Waals surface area contributed by atoms with Gasteiger partial charge in [0.15, 0.2) is 0 Å². The first-order valence-corrected chi connectivity index (χ1v) is 12.0. The van der Waals surface area contributed by atoms with Crippen LogP contribution in [0, 0.1) is 0 Å². The number of nitrogens with one attached hydrogen (secondary N) is 1. The van der Waals surface area contributed by atoms with E-state index < -0.39 is 0 Å². The fraction of sp³-hybridized carbons (Fsp3) is 0.682. The lowest BCUT2D eigenvalue weighted by molar-refractivity contribution is 0.111. The number of hydrogen-bond donors (Lipinski definition) is 1. The predicted molar refractivity (Wildman–Crippen MR) is 113 cm³/mol. The molecule has 1 saturated carbocycles. The molecule has 7 heteroatoms. The van der Waals surface area contributed by atoms with E-state index in [4.69, 9.17) is 9.84 Å². The standard InChI is InChI=1S/C22H30N4O2S/c27-21-12-15-4-1-2-5-19(15)25-26(21)17-9-7-16(8-10-17)23-13-18-14-24-22(29-18)20-6-3-11-28-20/h12,14,16-17,20,23H,1-11,13H2. The summed E-state index contributed by atoms with van der Waals surface area (Å²) in [6.07, 6.45) is 13.1. The van der Waals surface area contributed by atoms with Crippen molar-refractivity contribution in [3.05, 3.63) is 43.8 Å². The van der Waals surface area contributed by atoms with Crippen LogP contribution in [0.3, 0.4) is 0 Å². The molecule has 0 bridgehead atoms. The van der Waals surface area contributed by atoms with Crippen molar-refractivity contribution in [3.8, 4) is 0 Å². The van der Waals surface area contributed by atoms with Gasteiger partial charge in [0.2, 0.25) is 0 Å². The Kier molecular flexibility index (Phi) is 5.79. The Hall–Kier alpha value is -1.57. The number of hydrogen-bond acceptors (Lipinski definition) is 6. The van der Waals surface area contributed by atoms with E-state index in [1.165, 1.54) is 23.3 Å². The van der Waals surface area contributed by atoms with Gasteiger partial charge in [-0.15, -0.1) is 11.3 Å². The molecule has 1 N–H and O–H groups in total. The average molecular weight is 415 g/mol. The zero-order valence-electron chi connectivity index (χ0n) is 16.9. The fourth-order valence-corrected chi connectivity index (χ4v) is 5.89. The van der Waals surface area contributed by atoms with E-state index in [0.717, 1.165) is 75.2 Å². The van der Waals surface area contributed by atoms with E-state index in [1.54, 1.807) is 16.0 Å². The molecule has 1 saturated heterocycles. The lowest BCUT2D eigenvalue weighted by Gasteiger charge is -2.30. The Bertz CT molecular complexity index is 894. The summed E-state index contributed by atoms with van der Waals surface area (Å²) in [6, 6.07) is 2.61. The first kappa shape index (κ1) is 19.4. The van der Waals surface area contributed by atoms with Gasteiger partial charge in [0.1, 0.15) is 11.1 Å². The first-order chi connectivity index (χ1) is 14.3. The molecule has 2 aromatic heterocycles. The summed E-state index contributed by atoms with van der Waals surface area (Å²) < 4.78 is 7.53. The highest BCUT2D eigenvalue weighted by Crippen LogP contribution is 2.32. The maximum atomic E-state index is 12.6. The number of thiazole rings is 1. The van der Waals surface area contributed by atoms with Crippen LogP contribution in [0.4, 0.5) is 0 Å². The quantitative estimate of drug-likeness (QED) is 0.808. The number of fused-ring (bicyclic) bond motifs is 1. The molecule has 3 heterocycles. The Morgan fingerprint density at radius 1 is 1.14 bits per heavy atom. The van der Waals surface area contributed by atoms with Crippen LogP contribution >= 0.6 is 11.3 Å². The molecule has 2 aromatic rings. The molecule has 5 rings (SSSR count). The monoisotopic (exact) mass is 414 g/mol. The Morgan fingerprint density at radius 3 is 2.83 bits per heavy atom. The first-order valence-electron chi connectivity index (χ1n) is 11.2. The molecule has 0 spiro atoms. The molecule has 156 valence electrons. The molecular weight excluding hydrogens is 384 g/mol. The molecule has 6 nitrogen and oxygen atoms in total. The minimum absolute atomic E-state index is 0.0911. The van der Waals surface area contributed by atoms with Gasteiger partial charge in [0, 0.05) is 36.3 Å². The molecular formula is C22H30N4O2S. The largest absolute Gasteiger partial charge is 0.371 e. The summed E-state index contributed by atoms with van der Waals surface area (Å²) in [7, 11) is 0. The maximum Gasteiger partial charge on any atom is 0.267 e. The second kappa shape index (κ2) is 8.66. The zero-order chi connectivity index (χ0) is 19.6. The highest BCUT2D eigenvalue weighted by molar-refractivity contribution is 7.11. The number of nitrogens with zero attached hydrogens (tertiary/aromatic N) is 3. The van der Waals surface area contributed by atoms with Crippen LogP contribution in [-0.4, -0.2) is 27.4 Å². The SMILES string of the molecule is O=c1cc2c(nn1C1CCC(NCc3cnc(C4CCCO4)s3)CC1)CCCC2. The molecule has 1 aliphatic heterocycles. The van der Waals surface area contributed by atoms with Gasteiger partial charge in [-0.05, 0) is 69.8 Å². The summed E-state index contributed by atoms with van der Waals surface area (Å²) in [5, 5.41) is 9.59. The number of aromatic nitrogens is 3. The summed E-state index contributed by atoms with van der Waals surface area (Å²) in [4.78, 5) is 18.4. The highest BCUT2D eigenvalue weighted by atomic mass is 32.1. The summed E-state index contributed by atoms with van der Waals surface area (Å²) in [6.45, 7) is 1.74. The molecule has 0 amide bonds. The minimum Gasteiger partial charge on any atom is -0.371 e. The Balaban J connectivity index is 1.15. The van der Waals surface area contributed by atoms with E-state index in [9.17, 15) is 4.79 Å². The van der Waals surface area contributed by atoms with Gasteiger partial charge in [-0.1, -0.05) is 0 Å². The molecule has 0 radical (unpaired) electrons. The normalized spacial score (nSPS) is 27.1. The van der Waals surface area contributed by atoms with Crippen LogP contribution in [0.1, 0.15) is 84.7 Å². The molecule has 2 fully saturated rings. The van der Waals surface area contributed by atoms with Gasteiger partial charge < -0.3 is 10.1 Å². The lowest BCUT2D eigenvalue weighted by Crippen LogP contribution is -2.37. The van der Waals surface area contributed by atoms with Crippen molar-refractivity contribution in [3.63, 3.8) is 0 Å². The van der Waals surface area contributed by atoms with Crippen LogP contribution in [0.25, 0.3) is 0 Å². The van der Waals surface area contributed by atoms with E-state index in [-0.39, 0.29) is 17.7 Å². The van der Waals surface area contributed by atoms with Crippen molar-refractivity contribution in [1.29, 1.82) is 0 Å². The van der Waals surface area contributed by atoms with Crippen LogP contribution in [0.15, 0.2) is 17.1 Å². The molecule has 1 atom stereocenters. The third-order valence-electron chi connectivity index (χ3n) is 6.62. The molecule has 0 aromatic carbocycles. The molecule has 3 aliphatic rings. The van der Waals surface area contributed by atoms with Crippen LogP contribution in [0.5, 0.6) is 0 Å². The third-order valence-corrected chi connectivity index (χ3v) is 7.71. The Labute approximate surface area is 175 Å². The third kappa shape index (κ3) is 4.32. The maximum absolute atomic E-state index is 12.6. The highest BCUT2D eigenvalue weighted by Gasteiger charge is 2.25. The van der Waals surface area contributed by atoms with E-state index in [0.29, 0.717) is 6.04 Å². The van der Waals surface area contributed by atoms with Crippen LogP contribution in [0.2, 0.25) is 0 Å². The van der Waals surface area contributed by atoms with E-state index in [1.807, 2.05) is 12.3 Å². The van der Waals surface area contributed by atoms with Gasteiger partial charge in [0.25, 0.3) is 5.56 Å². The van der Waals surface area contributed by atoms with E-state index >= 15 is 0 Å². The number of ether oxygens (including phenoxy) is 1. The second-order valence-electron chi connectivity index (χ2n) is 8.66. The zero-order valence-corrected chi connectivity index (χ0v) is 17.8. The summed E-state index contributed by atoms with van der Waals surface area (Å²) in [5.74, 6) is 0. The Morgan fingerprint density at radius 2 is 2.00 bits per heavy atom. The average Bonchev–Trinajstić information content (AvgIpc) is 3.44. The second-order valence-corrected chi connectivity index (χ2v) is 9.81. The van der Waals surface area contributed by atoms with Gasteiger partial charge in [-0.25, -0.2) is 9.67 Å². The summed E-state index contributed by atoms with van der Waals surface area (Å²) >= 11 is 1.78. The smallest absolute Gasteiger partial charge is 0.267 e. The number of aryl methyl sites for hydroxylation is 2. The predicted octanol–water partition coefficient (Wildman–Crippen LogP) is 3.70. The number of rotatable bonds is 5. The van der Waals surface area contributed by atoms with Crippen molar-refractivity contribution in [1.82, 2.24) is 20.1 Å². The van der Waals surface area contributed by atoms with Crippen molar-refractivity contribution in [2.24, 2.45) is 0 Å². The molecule has 29 heavy (non-hydrogen) atoms. The topological polar surface area (TPSA) is 69.0 Å². The van der Waals surface area contributed by atoms with Crippen molar-refractivity contribution < 1.29 is 4.74 Å². The van der Waals surface area contributed by atoms with Crippen molar-refractivity contribution in [2.45, 2.75) is 88.9 Å². The van der Waals surface area contributed by atoms with Gasteiger partial charge in [-0.2, -0.15) is 5.10 Å². The lowest BCUT2D eigenvalue weighted by atomic mass is 9.91. The van der Waals surface area contributed by atoms with E-state index in [2.05, 4.69) is 10.3 Å². The minimum atomic E-state index is 0.0911. The summed E-state index contributed by atoms with van der Waals surface area (Å²) in [5.41, 5.74) is 2.43. The van der Waals surface area contributed by atoms with Crippen molar-refractivity contribution >= 4 is 11.3 Å². The van der Waals surface area contributed by atoms with Crippen molar-refractivity contribution in [2.75, 3.05) is 6.61 Å². The molecule has 1 unspecified atom stereocenters. The van der Waals surface area contributed by atoms with Gasteiger partial charge in [-0.3, -0.25) is 4.79 Å². The van der Waals surface area contributed by atoms with Crippen LogP contribution in [-0.2, 0) is 24.1 Å². The molecule has 2 aliphatic carbocycles.